The van der Waals surface area contributed by atoms with Crippen molar-refractivity contribution >= 4 is 86.8 Å². The maximum Gasteiger partial charge on any atom is 0.136 e. The fraction of sp³-hybridized carbons (Fsp3) is 0. The monoisotopic (exact) mass is 837 g/mol. The standard InChI is InChI=1S/C64H39NO/c1-3-20-40(21-4-1)58-43-25-7-9-27-45(43)59(46-28-10-8-26-44(46)58)52-34-18-38-56-62(52)63-53(35-19-39-57(63)66-56)60-47-29-11-13-31-49(47)61(50-32-14-12-30-48(50)60)54-36-17-33-51-42-24-15-16-37-55(42)65(64(51)54)41-22-5-2-6-23-41/h1-39H. The molecule has 0 spiro atoms. The van der Waals surface area contributed by atoms with Crippen molar-refractivity contribution in [1.82, 2.24) is 4.57 Å². The molecule has 66 heavy (non-hydrogen) atoms. The van der Waals surface area contributed by atoms with Gasteiger partial charge in [-0.05, 0) is 112 Å². The van der Waals surface area contributed by atoms with Crippen molar-refractivity contribution in [3.63, 3.8) is 0 Å². The highest BCUT2D eigenvalue weighted by Crippen LogP contribution is 2.52. The van der Waals surface area contributed by atoms with Gasteiger partial charge in [-0.1, -0.05) is 206 Å². The maximum absolute atomic E-state index is 6.94. The summed E-state index contributed by atoms with van der Waals surface area (Å²) in [6.45, 7) is 0. The first-order chi connectivity index (χ1) is 32.8. The summed E-state index contributed by atoms with van der Waals surface area (Å²) in [7, 11) is 0. The van der Waals surface area contributed by atoms with Crippen LogP contribution in [0.4, 0.5) is 0 Å². The van der Waals surface area contributed by atoms with Crippen LogP contribution in [0.2, 0.25) is 0 Å². The largest absolute Gasteiger partial charge is 0.456 e. The molecule has 0 amide bonds. The number of benzene rings is 12. The molecular weight excluding hydrogens is 799 g/mol. The quantitative estimate of drug-likeness (QED) is 0.158. The minimum Gasteiger partial charge on any atom is -0.456 e. The predicted octanol–water partition coefficient (Wildman–Crippen LogP) is 18.0. The van der Waals surface area contributed by atoms with Crippen molar-refractivity contribution in [2.45, 2.75) is 0 Å². The van der Waals surface area contributed by atoms with Crippen molar-refractivity contribution in [3.8, 4) is 50.2 Å². The number of para-hydroxylation sites is 3. The van der Waals surface area contributed by atoms with Gasteiger partial charge in [-0.2, -0.15) is 0 Å². The van der Waals surface area contributed by atoms with E-state index in [1.54, 1.807) is 0 Å². The van der Waals surface area contributed by atoms with Gasteiger partial charge < -0.3 is 8.98 Å². The molecule has 0 saturated heterocycles. The summed E-state index contributed by atoms with van der Waals surface area (Å²) >= 11 is 0. The van der Waals surface area contributed by atoms with Crippen LogP contribution in [-0.4, -0.2) is 4.57 Å². The molecule has 0 aliphatic rings. The van der Waals surface area contributed by atoms with Crippen molar-refractivity contribution < 1.29 is 4.42 Å². The van der Waals surface area contributed by atoms with Crippen LogP contribution in [0.5, 0.6) is 0 Å². The van der Waals surface area contributed by atoms with Gasteiger partial charge in [-0.15, -0.1) is 0 Å². The lowest BCUT2D eigenvalue weighted by Crippen LogP contribution is -1.97. The third-order valence-electron chi connectivity index (χ3n) is 14.0. The van der Waals surface area contributed by atoms with Crippen LogP contribution in [0.3, 0.4) is 0 Å². The summed E-state index contributed by atoms with van der Waals surface area (Å²) in [5, 5.41) is 14.5. The smallest absolute Gasteiger partial charge is 0.136 e. The molecule has 0 N–H and O–H groups in total. The Labute approximate surface area is 380 Å². The molecule has 306 valence electrons. The zero-order valence-electron chi connectivity index (χ0n) is 35.9. The molecule has 0 bridgehead atoms. The Morgan fingerprint density at radius 3 is 1.12 bits per heavy atom. The second kappa shape index (κ2) is 14.4. The van der Waals surface area contributed by atoms with Gasteiger partial charge in [0.2, 0.25) is 0 Å². The van der Waals surface area contributed by atoms with E-state index in [0.717, 1.165) is 38.8 Å². The number of fused-ring (bicyclic) bond motifs is 10. The number of rotatable bonds is 5. The van der Waals surface area contributed by atoms with E-state index in [9.17, 15) is 0 Å². The summed E-state index contributed by atoms with van der Waals surface area (Å²) in [6, 6.07) is 86.4. The molecule has 12 aromatic carbocycles. The van der Waals surface area contributed by atoms with E-state index in [-0.39, 0.29) is 0 Å². The van der Waals surface area contributed by atoms with Gasteiger partial charge in [0.1, 0.15) is 11.2 Å². The Morgan fingerprint density at radius 2 is 0.621 bits per heavy atom. The molecule has 0 radical (unpaired) electrons. The van der Waals surface area contributed by atoms with Gasteiger partial charge >= 0.3 is 0 Å². The van der Waals surface area contributed by atoms with Crippen LogP contribution in [0.25, 0.3) is 137 Å². The summed E-state index contributed by atoms with van der Waals surface area (Å²) in [5.41, 5.74) is 15.0. The highest BCUT2D eigenvalue weighted by atomic mass is 16.3. The third-order valence-corrected chi connectivity index (χ3v) is 14.0. The highest BCUT2D eigenvalue weighted by molar-refractivity contribution is 6.31. The molecular formula is C64H39NO. The van der Waals surface area contributed by atoms with Crippen molar-refractivity contribution in [1.29, 1.82) is 0 Å². The summed E-state index contributed by atoms with van der Waals surface area (Å²) < 4.78 is 9.40. The summed E-state index contributed by atoms with van der Waals surface area (Å²) in [6.07, 6.45) is 0. The molecule has 2 heterocycles. The molecule has 0 fully saturated rings. The first kappa shape index (κ1) is 36.7. The van der Waals surface area contributed by atoms with Gasteiger partial charge in [0.15, 0.2) is 0 Å². The van der Waals surface area contributed by atoms with Gasteiger partial charge in [0, 0.05) is 32.8 Å². The molecule has 0 saturated carbocycles. The molecule has 0 atom stereocenters. The van der Waals surface area contributed by atoms with Crippen LogP contribution < -0.4 is 0 Å². The van der Waals surface area contributed by atoms with E-state index in [2.05, 4.69) is 241 Å². The highest BCUT2D eigenvalue weighted by Gasteiger charge is 2.25. The molecule has 0 aliphatic heterocycles. The molecule has 14 rings (SSSR count). The second-order valence-electron chi connectivity index (χ2n) is 17.4. The first-order valence-electron chi connectivity index (χ1n) is 22.8. The summed E-state index contributed by atoms with van der Waals surface area (Å²) in [5.74, 6) is 0. The van der Waals surface area contributed by atoms with Gasteiger partial charge in [-0.3, -0.25) is 0 Å². The Bertz CT molecular complexity index is 4160. The van der Waals surface area contributed by atoms with Gasteiger partial charge in [-0.25, -0.2) is 0 Å². The maximum atomic E-state index is 6.94. The lowest BCUT2D eigenvalue weighted by molar-refractivity contribution is 0.669. The van der Waals surface area contributed by atoms with Crippen LogP contribution in [-0.2, 0) is 0 Å². The van der Waals surface area contributed by atoms with E-state index in [4.69, 9.17) is 4.42 Å². The fourth-order valence-corrected chi connectivity index (χ4v) is 11.4. The normalized spacial score (nSPS) is 11.9. The van der Waals surface area contributed by atoms with E-state index in [1.165, 1.54) is 98.3 Å². The zero-order chi connectivity index (χ0) is 43.3. The average Bonchev–Trinajstić information content (AvgIpc) is 3.94. The number of aromatic nitrogens is 1. The van der Waals surface area contributed by atoms with E-state index in [0.29, 0.717) is 0 Å². The minimum absolute atomic E-state index is 0.874. The van der Waals surface area contributed by atoms with Gasteiger partial charge in [0.25, 0.3) is 0 Å². The Hall–Kier alpha value is -8.72. The number of hydrogen-bond donors (Lipinski definition) is 0. The lowest BCUT2D eigenvalue weighted by Gasteiger charge is -2.20. The molecule has 2 aromatic heterocycles. The van der Waals surface area contributed by atoms with Crippen molar-refractivity contribution in [3.05, 3.63) is 237 Å². The lowest BCUT2D eigenvalue weighted by atomic mass is 9.83. The number of hydrogen-bond acceptors (Lipinski definition) is 1. The molecule has 0 unspecified atom stereocenters. The third kappa shape index (κ3) is 5.24. The van der Waals surface area contributed by atoms with Crippen molar-refractivity contribution in [2.24, 2.45) is 0 Å². The topological polar surface area (TPSA) is 18.1 Å². The van der Waals surface area contributed by atoms with Crippen LogP contribution in [0, 0.1) is 0 Å². The van der Waals surface area contributed by atoms with E-state index < -0.39 is 0 Å². The van der Waals surface area contributed by atoms with Crippen LogP contribution in [0.15, 0.2) is 241 Å². The Morgan fingerprint density at radius 1 is 0.258 bits per heavy atom. The molecule has 2 heteroatoms. The van der Waals surface area contributed by atoms with E-state index in [1.807, 2.05) is 0 Å². The molecule has 2 nitrogen and oxygen atoms in total. The zero-order valence-corrected chi connectivity index (χ0v) is 35.9. The van der Waals surface area contributed by atoms with E-state index >= 15 is 0 Å². The van der Waals surface area contributed by atoms with Crippen LogP contribution >= 0.6 is 0 Å². The molecule has 14 aromatic rings. The second-order valence-corrected chi connectivity index (χ2v) is 17.4. The van der Waals surface area contributed by atoms with Gasteiger partial charge in [0.05, 0.1) is 11.0 Å². The first-order valence-corrected chi connectivity index (χ1v) is 22.8. The van der Waals surface area contributed by atoms with Crippen molar-refractivity contribution in [2.75, 3.05) is 0 Å². The Kier molecular flexibility index (Phi) is 8.02. The summed E-state index contributed by atoms with van der Waals surface area (Å²) in [4.78, 5) is 0. The SMILES string of the molecule is c1ccc(-c2c3ccccc3c(-c3cccc4oc5cccc(-c6c7ccccc7c(-c7cccc8c9ccccc9n(-c9ccccc9)c78)c7ccccc67)c5c34)c3ccccc23)cc1. The Balaban J connectivity index is 1.10. The number of furan rings is 1. The number of nitrogens with zero attached hydrogens (tertiary/aromatic N) is 1. The average molecular weight is 838 g/mol. The predicted molar refractivity (Wildman–Crippen MR) is 280 cm³/mol. The fourth-order valence-electron chi connectivity index (χ4n) is 11.4. The van der Waals surface area contributed by atoms with Crippen LogP contribution in [0.1, 0.15) is 0 Å². The molecule has 0 aliphatic carbocycles. The minimum atomic E-state index is 0.874.